The molecule has 20 heavy (non-hydrogen) atoms. The molecule has 116 valence electrons. The molecular weight excluding hydrogens is 280 g/mol. The molecule has 0 aromatic rings. The summed E-state index contributed by atoms with van der Waals surface area (Å²) in [5, 5.41) is 9.04. The Bertz CT molecular complexity index is 451. The quantitative estimate of drug-likeness (QED) is 0.817. The first-order chi connectivity index (χ1) is 9.38. The second-order valence-electron chi connectivity index (χ2n) is 6.13. The molecule has 1 saturated heterocycles. The predicted molar refractivity (Wildman–Crippen MR) is 75.4 cm³/mol. The van der Waals surface area contributed by atoms with Crippen LogP contribution < -0.4 is 4.72 Å². The van der Waals surface area contributed by atoms with Gasteiger partial charge in [-0.15, -0.1) is 0 Å². The molecule has 1 saturated carbocycles. The molecule has 0 amide bonds. The van der Waals surface area contributed by atoms with Crippen LogP contribution in [0.15, 0.2) is 0 Å². The molecule has 6 nitrogen and oxygen atoms in total. The van der Waals surface area contributed by atoms with Crippen LogP contribution in [0.2, 0.25) is 0 Å². The maximum absolute atomic E-state index is 12.4. The van der Waals surface area contributed by atoms with Gasteiger partial charge in [-0.3, -0.25) is 4.79 Å². The van der Waals surface area contributed by atoms with Crippen molar-refractivity contribution in [1.29, 1.82) is 0 Å². The molecule has 1 aliphatic carbocycles. The Morgan fingerprint density at radius 3 is 2.65 bits per heavy atom. The number of carbonyl (C=O) groups is 1. The van der Waals surface area contributed by atoms with E-state index >= 15 is 0 Å². The van der Waals surface area contributed by atoms with Crippen molar-refractivity contribution in [1.82, 2.24) is 9.03 Å². The lowest BCUT2D eigenvalue weighted by Crippen LogP contribution is -2.50. The fourth-order valence-electron chi connectivity index (χ4n) is 3.19. The Balaban J connectivity index is 1.97. The summed E-state index contributed by atoms with van der Waals surface area (Å²) < 4.78 is 28.8. The average molecular weight is 304 g/mol. The summed E-state index contributed by atoms with van der Waals surface area (Å²) in [5.74, 6) is -0.939. The molecule has 0 radical (unpaired) electrons. The molecule has 2 aliphatic rings. The molecule has 3 unspecified atom stereocenters. The van der Waals surface area contributed by atoms with E-state index in [0.29, 0.717) is 25.3 Å². The van der Waals surface area contributed by atoms with Crippen LogP contribution in [0.25, 0.3) is 0 Å². The van der Waals surface area contributed by atoms with E-state index in [-0.39, 0.29) is 12.6 Å². The van der Waals surface area contributed by atoms with Gasteiger partial charge in [-0.25, -0.2) is 0 Å². The van der Waals surface area contributed by atoms with Gasteiger partial charge in [-0.2, -0.15) is 17.4 Å². The fourth-order valence-corrected chi connectivity index (χ4v) is 4.72. The predicted octanol–water partition coefficient (Wildman–Crippen LogP) is 1.20. The van der Waals surface area contributed by atoms with Crippen molar-refractivity contribution in [2.45, 2.75) is 51.5 Å². The Morgan fingerprint density at radius 2 is 2.00 bits per heavy atom. The zero-order valence-corrected chi connectivity index (χ0v) is 12.7. The number of aliphatic carboxylic acids is 1. The molecule has 2 fully saturated rings. The monoisotopic (exact) mass is 304 g/mol. The zero-order valence-electron chi connectivity index (χ0n) is 11.9. The van der Waals surface area contributed by atoms with Crippen LogP contribution in [0.3, 0.4) is 0 Å². The summed E-state index contributed by atoms with van der Waals surface area (Å²) in [6, 6.07) is -0.00560. The van der Waals surface area contributed by atoms with Crippen molar-refractivity contribution in [3.05, 3.63) is 0 Å². The number of piperidine rings is 1. The van der Waals surface area contributed by atoms with Gasteiger partial charge in [-0.05, 0) is 31.6 Å². The van der Waals surface area contributed by atoms with Gasteiger partial charge >= 0.3 is 5.97 Å². The first kappa shape index (κ1) is 15.7. The van der Waals surface area contributed by atoms with E-state index in [9.17, 15) is 13.2 Å². The van der Waals surface area contributed by atoms with E-state index in [4.69, 9.17) is 5.11 Å². The number of nitrogens with one attached hydrogen (secondary N) is 1. The topological polar surface area (TPSA) is 86.7 Å². The van der Waals surface area contributed by atoms with Crippen molar-refractivity contribution in [2.75, 3.05) is 13.1 Å². The minimum absolute atomic E-state index is 0.00560. The Kier molecular flexibility index (Phi) is 5.04. The highest BCUT2D eigenvalue weighted by Crippen LogP contribution is 2.25. The van der Waals surface area contributed by atoms with Crippen LogP contribution in [-0.4, -0.2) is 42.9 Å². The first-order valence-corrected chi connectivity index (χ1v) is 8.82. The largest absolute Gasteiger partial charge is 0.481 e. The number of nitrogens with zero attached hydrogens (tertiary/aromatic N) is 1. The van der Waals surface area contributed by atoms with Crippen molar-refractivity contribution in [3.63, 3.8) is 0 Å². The lowest BCUT2D eigenvalue weighted by Gasteiger charge is -2.33. The summed E-state index contributed by atoms with van der Waals surface area (Å²) in [5.41, 5.74) is 0. The van der Waals surface area contributed by atoms with Crippen molar-refractivity contribution in [2.24, 2.45) is 11.8 Å². The molecule has 0 aromatic carbocycles. The molecule has 0 aromatic heterocycles. The van der Waals surface area contributed by atoms with Crippen LogP contribution in [0, 0.1) is 11.8 Å². The van der Waals surface area contributed by atoms with Crippen LogP contribution >= 0.6 is 0 Å². The molecule has 1 heterocycles. The summed E-state index contributed by atoms with van der Waals surface area (Å²) >= 11 is 0. The van der Waals surface area contributed by atoms with Gasteiger partial charge in [0.05, 0.1) is 5.92 Å². The number of hydrogen-bond acceptors (Lipinski definition) is 3. The lowest BCUT2D eigenvalue weighted by molar-refractivity contribution is -0.142. The Labute approximate surface area is 120 Å². The molecule has 3 atom stereocenters. The zero-order chi connectivity index (χ0) is 14.8. The summed E-state index contributed by atoms with van der Waals surface area (Å²) in [7, 11) is -3.55. The van der Waals surface area contributed by atoms with Crippen LogP contribution in [0.5, 0.6) is 0 Å². The van der Waals surface area contributed by atoms with E-state index in [1.165, 1.54) is 4.31 Å². The van der Waals surface area contributed by atoms with Gasteiger partial charge in [0.2, 0.25) is 0 Å². The maximum Gasteiger partial charge on any atom is 0.307 e. The number of carboxylic acid groups (broad SMARTS) is 1. The highest BCUT2D eigenvalue weighted by atomic mass is 32.2. The summed E-state index contributed by atoms with van der Waals surface area (Å²) in [4.78, 5) is 11.0. The number of carboxylic acids is 1. The molecule has 2 N–H and O–H groups in total. The van der Waals surface area contributed by atoms with Gasteiger partial charge < -0.3 is 5.11 Å². The average Bonchev–Trinajstić information content (AvgIpc) is 2.38. The van der Waals surface area contributed by atoms with Crippen molar-refractivity contribution >= 4 is 16.2 Å². The lowest BCUT2D eigenvalue weighted by atomic mass is 9.88. The minimum Gasteiger partial charge on any atom is -0.481 e. The van der Waals surface area contributed by atoms with Gasteiger partial charge in [-0.1, -0.05) is 19.8 Å². The minimum atomic E-state index is -3.55. The molecular formula is C13H24N2O4S. The van der Waals surface area contributed by atoms with Crippen LogP contribution in [0.1, 0.15) is 45.4 Å². The first-order valence-electron chi connectivity index (χ1n) is 7.38. The van der Waals surface area contributed by atoms with E-state index in [0.717, 1.165) is 25.7 Å². The highest BCUT2D eigenvalue weighted by molar-refractivity contribution is 7.87. The molecule has 0 spiro atoms. The molecule has 1 aliphatic heterocycles. The Hall–Kier alpha value is -0.660. The molecule has 2 rings (SSSR count). The smallest absolute Gasteiger partial charge is 0.307 e. The molecule has 0 bridgehead atoms. The van der Waals surface area contributed by atoms with E-state index in [1.807, 2.05) is 0 Å². The SMILES string of the molecule is CC1CCCC(NS(=O)(=O)N2CCCC(C(=O)O)C2)C1. The van der Waals surface area contributed by atoms with Crippen LogP contribution in [0.4, 0.5) is 0 Å². The van der Waals surface area contributed by atoms with Gasteiger partial charge in [0.15, 0.2) is 0 Å². The third kappa shape index (κ3) is 3.93. The van der Waals surface area contributed by atoms with E-state index < -0.39 is 22.1 Å². The summed E-state index contributed by atoms with van der Waals surface area (Å²) in [6.07, 6.45) is 5.12. The third-order valence-corrected chi connectivity index (χ3v) is 5.97. The van der Waals surface area contributed by atoms with Crippen LogP contribution in [-0.2, 0) is 15.0 Å². The summed E-state index contributed by atoms with van der Waals surface area (Å²) in [6.45, 7) is 2.65. The second-order valence-corrected chi connectivity index (χ2v) is 7.83. The Morgan fingerprint density at radius 1 is 1.25 bits per heavy atom. The molecule has 7 heteroatoms. The standard InChI is InChI=1S/C13H24N2O4S/c1-10-4-2-6-12(8-10)14-20(18,19)15-7-3-5-11(9-15)13(16)17/h10-12,14H,2-9H2,1H3,(H,16,17). The number of rotatable bonds is 4. The second kappa shape index (κ2) is 6.41. The van der Waals surface area contributed by atoms with Gasteiger partial charge in [0.1, 0.15) is 0 Å². The maximum atomic E-state index is 12.4. The van der Waals surface area contributed by atoms with Gasteiger partial charge in [0.25, 0.3) is 10.2 Å². The third-order valence-electron chi connectivity index (χ3n) is 4.33. The van der Waals surface area contributed by atoms with Crippen molar-refractivity contribution in [3.8, 4) is 0 Å². The van der Waals surface area contributed by atoms with E-state index in [1.54, 1.807) is 0 Å². The van der Waals surface area contributed by atoms with E-state index in [2.05, 4.69) is 11.6 Å². The van der Waals surface area contributed by atoms with Crippen molar-refractivity contribution < 1.29 is 18.3 Å². The van der Waals surface area contributed by atoms with Gasteiger partial charge in [0, 0.05) is 19.1 Å². The normalized spacial score (nSPS) is 33.0. The number of hydrogen-bond donors (Lipinski definition) is 2. The fraction of sp³-hybridized carbons (Fsp3) is 0.923. The highest BCUT2D eigenvalue weighted by Gasteiger charge is 2.34.